The van der Waals surface area contributed by atoms with Crippen LogP contribution in [0.2, 0.25) is 5.02 Å². The topological polar surface area (TPSA) is 46.1 Å². The number of halogens is 1. The first-order valence-corrected chi connectivity index (χ1v) is 9.49. The monoisotopic (exact) mass is 367 g/mol. The summed E-state index contributed by atoms with van der Waals surface area (Å²) in [4.78, 5) is 7.08. The van der Waals surface area contributed by atoms with Crippen LogP contribution in [0.5, 0.6) is 0 Å². The molecule has 0 unspecified atom stereocenters. The predicted molar refractivity (Wildman–Crippen MR) is 103 cm³/mol. The van der Waals surface area contributed by atoms with E-state index < -0.39 is 0 Å². The number of ether oxygens (including phenoxy) is 2. The molecule has 1 N–H and O–H groups in total. The third-order valence-electron chi connectivity index (χ3n) is 4.28. The third kappa shape index (κ3) is 6.84. The fourth-order valence-corrected chi connectivity index (χ4v) is 3.10. The summed E-state index contributed by atoms with van der Waals surface area (Å²) in [5.74, 6) is 0.959. The van der Waals surface area contributed by atoms with Gasteiger partial charge < -0.3 is 19.7 Å². The van der Waals surface area contributed by atoms with Gasteiger partial charge in [0.05, 0.1) is 12.6 Å². The lowest BCUT2D eigenvalue weighted by atomic mass is 10.1. The van der Waals surface area contributed by atoms with E-state index in [4.69, 9.17) is 26.1 Å². The van der Waals surface area contributed by atoms with E-state index in [-0.39, 0.29) is 0 Å². The van der Waals surface area contributed by atoms with Gasteiger partial charge in [-0.3, -0.25) is 0 Å². The van der Waals surface area contributed by atoms with E-state index in [0.29, 0.717) is 12.6 Å². The summed E-state index contributed by atoms with van der Waals surface area (Å²) in [7, 11) is 1.72. The summed E-state index contributed by atoms with van der Waals surface area (Å²) < 4.78 is 11.0. The number of aliphatic imine (C=N–C) groups is 1. The molecule has 0 atom stereocenters. The summed E-state index contributed by atoms with van der Waals surface area (Å²) in [6, 6.07) is 7.87. The molecule has 25 heavy (non-hydrogen) atoms. The molecule has 0 aromatic heterocycles. The number of benzene rings is 1. The average molecular weight is 368 g/mol. The Hall–Kier alpha value is -1.30. The largest absolute Gasteiger partial charge is 0.385 e. The maximum Gasteiger partial charge on any atom is 0.194 e. The Balaban J connectivity index is 1.84. The summed E-state index contributed by atoms with van der Waals surface area (Å²) >= 11 is 6.23. The van der Waals surface area contributed by atoms with Gasteiger partial charge in [-0.05, 0) is 37.8 Å². The molecule has 0 saturated carbocycles. The van der Waals surface area contributed by atoms with Gasteiger partial charge in [-0.15, -0.1) is 0 Å². The molecule has 0 spiro atoms. The maximum absolute atomic E-state index is 6.23. The van der Waals surface area contributed by atoms with Gasteiger partial charge in [0, 0.05) is 45.0 Å². The molecular formula is C19H30ClN3O2. The predicted octanol–water partition coefficient (Wildman–Crippen LogP) is 3.32. The fourth-order valence-electron chi connectivity index (χ4n) is 2.90. The first kappa shape index (κ1) is 20.0. The van der Waals surface area contributed by atoms with E-state index >= 15 is 0 Å². The lowest BCUT2D eigenvalue weighted by Crippen LogP contribution is -2.47. The minimum Gasteiger partial charge on any atom is -0.385 e. The van der Waals surface area contributed by atoms with Gasteiger partial charge >= 0.3 is 0 Å². The SMILES string of the molecule is CCNC(=NCc1ccccc1Cl)N1CCC(OCCCOC)CC1. The highest BCUT2D eigenvalue weighted by Crippen LogP contribution is 2.17. The van der Waals surface area contributed by atoms with Gasteiger partial charge in [0.15, 0.2) is 5.96 Å². The zero-order chi connectivity index (χ0) is 17.9. The van der Waals surface area contributed by atoms with E-state index in [9.17, 15) is 0 Å². The van der Waals surface area contributed by atoms with Crippen molar-refractivity contribution in [1.29, 1.82) is 0 Å². The summed E-state index contributed by atoms with van der Waals surface area (Å²) in [5, 5.41) is 4.16. The second kappa shape index (κ2) is 11.3. The van der Waals surface area contributed by atoms with Crippen LogP contribution in [0.3, 0.4) is 0 Å². The van der Waals surface area contributed by atoms with Gasteiger partial charge in [0.2, 0.25) is 0 Å². The van der Waals surface area contributed by atoms with E-state index in [0.717, 1.165) is 68.7 Å². The van der Waals surface area contributed by atoms with Crippen molar-refractivity contribution in [3.63, 3.8) is 0 Å². The standard InChI is InChI=1S/C19H30ClN3O2/c1-3-21-19(22-15-16-7-4-5-8-18(16)20)23-11-9-17(10-12-23)25-14-6-13-24-2/h4-5,7-8,17H,3,6,9-15H2,1-2H3,(H,21,22). The van der Waals surface area contributed by atoms with Gasteiger partial charge in [-0.25, -0.2) is 4.99 Å². The molecule has 0 bridgehead atoms. The van der Waals surface area contributed by atoms with Crippen molar-refractivity contribution < 1.29 is 9.47 Å². The number of nitrogens with zero attached hydrogens (tertiary/aromatic N) is 2. The lowest BCUT2D eigenvalue weighted by Gasteiger charge is -2.34. The Morgan fingerprint density at radius 1 is 1.28 bits per heavy atom. The van der Waals surface area contributed by atoms with Gasteiger partial charge in [0.1, 0.15) is 0 Å². The van der Waals surface area contributed by atoms with E-state index in [1.54, 1.807) is 7.11 Å². The number of likely N-dealkylation sites (tertiary alicyclic amines) is 1. The normalized spacial score (nSPS) is 16.3. The van der Waals surface area contributed by atoms with Crippen molar-refractivity contribution in [3.05, 3.63) is 34.9 Å². The van der Waals surface area contributed by atoms with Crippen molar-refractivity contribution in [2.45, 2.75) is 38.8 Å². The van der Waals surface area contributed by atoms with Crippen LogP contribution in [0.15, 0.2) is 29.3 Å². The summed E-state index contributed by atoms with van der Waals surface area (Å²) in [6.45, 7) is 7.00. The van der Waals surface area contributed by atoms with Crippen LogP contribution in [0.4, 0.5) is 0 Å². The van der Waals surface area contributed by atoms with Crippen LogP contribution in [0.25, 0.3) is 0 Å². The molecule has 1 aromatic rings. The third-order valence-corrected chi connectivity index (χ3v) is 4.65. The summed E-state index contributed by atoms with van der Waals surface area (Å²) in [5.41, 5.74) is 1.05. The van der Waals surface area contributed by atoms with Crippen LogP contribution >= 0.6 is 11.6 Å². The van der Waals surface area contributed by atoms with Crippen LogP contribution in [-0.2, 0) is 16.0 Å². The number of methoxy groups -OCH3 is 1. The van der Waals surface area contributed by atoms with E-state index in [2.05, 4.69) is 17.1 Å². The number of nitrogens with one attached hydrogen (secondary N) is 1. The molecule has 1 aliphatic rings. The molecule has 140 valence electrons. The van der Waals surface area contributed by atoms with Gasteiger partial charge in [0.25, 0.3) is 0 Å². The molecule has 6 heteroatoms. The Bertz CT molecular complexity index is 531. The molecule has 1 fully saturated rings. The Labute approximate surface area is 156 Å². The molecular weight excluding hydrogens is 338 g/mol. The quantitative estimate of drug-likeness (QED) is 0.435. The second-order valence-electron chi connectivity index (χ2n) is 6.17. The Morgan fingerprint density at radius 2 is 2.04 bits per heavy atom. The van der Waals surface area contributed by atoms with Crippen LogP contribution < -0.4 is 5.32 Å². The van der Waals surface area contributed by atoms with Gasteiger partial charge in [-0.2, -0.15) is 0 Å². The molecule has 0 aliphatic carbocycles. The highest BCUT2D eigenvalue weighted by atomic mass is 35.5. The molecule has 5 nitrogen and oxygen atoms in total. The van der Waals surface area contributed by atoms with Crippen molar-refractivity contribution in [1.82, 2.24) is 10.2 Å². The average Bonchev–Trinajstić information content (AvgIpc) is 2.64. The summed E-state index contributed by atoms with van der Waals surface area (Å²) in [6.07, 6.45) is 3.37. The minimum absolute atomic E-state index is 0.347. The van der Waals surface area contributed by atoms with Crippen molar-refractivity contribution >= 4 is 17.6 Å². The molecule has 1 aliphatic heterocycles. The number of guanidine groups is 1. The zero-order valence-electron chi connectivity index (χ0n) is 15.3. The minimum atomic E-state index is 0.347. The molecule has 0 radical (unpaired) electrons. The van der Waals surface area contributed by atoms with E-state index in [1.165, 1.54) is 0 Å². The first-order valence-electron chi connectivity index (χ1n) is 9.11. The van der Waals surface area contributed by atoms with Gasteiger partial charge in [-0.1, -0.05) is 29.8 Å². The Kier molecular flexibility index (Phi) is 9.08. The molecule has 1 saturated heterocycles. The molecule has 0 amide bonds. The zero-order valence-corrected chi connectivity index (χ0v) is 16.1. The maximum atomic E-state index is 6.23. The van der Waals surface area contributed by atoms with Crippen molar-refractivity contribution in [3.8, 4) is 0 Å². The number of rotatable bonds is 8. The van der Waals surface area contributed by atoms with Crippen LogP contribution in [-0.4, -0.2) is 56.9 Å². The van der Waals surface area contributed by atoms with Crippen molar-refractivity contribution in [2.75, 3.05) is 40.0 Å². The lowest BCUT2D eigenvalue weighted by molar-refractivity contribution is 0.00990. The highest BCUT2D eigenvalue weighted by Gasteiger charge is 2.21. The van der Waals surface area contributed by atoms with Crippen LogP contribution in [0, 0.1) is 0 Å². The van der Waals surface area contributed by atoms with Crippen LogP contribution in [0.1, 0.15) is 31.7 Å². The van der Waals surface area contributed by atoms with E-state index in [1.807, 2.05) is 24.3 Å². The molecule has 1 heterocycles. The Morgan fingerprint density at radius 3 is 2.72 bits per heavy atom. The molecule has 1 aromatic carbocycles. The fraction of sp³-hybridized carbons (Fsp3) is 0.632. The smallest absolute Gasteiger partial charge is 0.194 e. The number of piperidine rings is 1. The van der Waals surface area contributed by atoms with Crippen molar-refractivity contribution in [2.24, 2.45) is 4.99 Å². The second-order valence-corrected chi connectivity index (χ2v) is 6.57. The molecule has 2 rings (SSSR count). The number of hydrogen-bond donors (Lipinski definition) is 1. The number of hydrogen-bond acceptors (Lipinski definition) is 3. The first-order chi connectivity index (χ1) is 12.2. The highest BCUT2D eigenvalue weighted by molar-refractivity contribution is 6.31.